The molecule has 1 aliphatic carbocycles. The van der Waals surface area contributed by atoms with Crippen LogP contribution in [-0.2, 0) is 0 Å². The van der Waals surface area contributed by atoms with E-state index in [0.29, 0.717) is 5.92 Å². The van der Waals surface area contributed by atoms with Crippen molar-refractivity contribution >= 4 is 15.9 Å². The molecule has 1 nitrogen and oxygen atoms in total. The summed E-state index contributed by atoms with van der Waals surface area (Å²) >= 11 is 3.51. The first-order chi connectivity index (χ1) is 8.47. The van der Waals surface area contributed by atoms with E-state index in [0.717, 1.165) is 34.7 Å². The second-order valence-electron chi connectivity index (χ2n) is 6.13. The molecule has 100 valence electrons. The van der Waals surface area contributed by atoms with Crippen LogP contribution in [0, 0.1) is 24.7 Å². The van der Waals surface area contributed by atoms with Crippen molar-refractivity contribution in [3.8, 4) is 0 Å². The summed E-state index contributed by atoms with van der Waals surface area (Å²) in [5.74, 6) is 1.90. The van der Waals surface area contributed by atoms with Crippen LogP contribution in [0.3, 0.4) is 0 Å². The highest BCUT2D eigenvalue weighted by atomic mass is 79.9. The molecule has 2 rings (SSSR count). The molecular formula is C16H23BrO. The van der Waals surface area contributed by atoms with E-state index in [9.17, 15) is 5.11 Å². The van der Waals surface area contributed by atoms with Crippen molar-refractivity contribution in [3.05, 3.63) is 33.8 Å². The predicted octanol–water partition coefficient (Wildman–Crippen LogP) is 4.86. The van der Waals surface area contributed by atoms with E-state index in [1.807, 2.05) is 12.1 Å². The SMILES string of the molecule is Cc1cc(C(O)C2CC(C)CC(C)C2)ccc1Br. The van der Waals surface area contributed by atoms with Gasteiger partial charge in [0, 0.05) is 4.47 Å². The van der Waals surface area contributed by atoms with Crippen LogP contribution in [-0.4, -0.2) is 5.11 Å². The minimum absolute atomic E-state index is 0.304. The smallest absolute Gasteiger partial charge is 0.0818 e. The summed E-state index contributed by atoms with van der Waals surface area (Å²) in [6.07, 6.45) is 3.31. The van der Waals surface area contributed by atoms with Crippen LogP contribution in [0.5, 0.6) is 0 Å². The molecule has 1 aliphatic rings. The van der Waals surface area contributed by atoms with Crippen molar-refractivity contribution in [2.24, 2.45) is 17.8 Å². The van der Waals surface area contributed by atoms with E-state index in [-0.39, 0.29) is 6.10 Å². The number of aliphatic hydroxyl groups is 1. The van der Waals surface area contributed by atoms with Crippen LogP contribution in [0.15, 0.2) is 22.7 Å². The fraction of sp³-hybridized carbons (Fsp3) is 0.625. The van der Waals surface area contributed by atoms with Gasteiger partial charge in [-0.15, -0.1) is 0 Å². The molecular weight excluding hydrogens is 288 g/mol. The van der Waals surface area contributed by atoms with Gasteiger partial charge in [-0.2, -0.15) is 0 Å². The summed E-state index contributed by atoms with van der Waals surface area (Å²) in [4.78, 5) is 0. The fourth-order valence-electron chi connectivity index (χ4n) is 3.39. The number of aryl methyl sites for hydroxylation is 1. The molecule has 18 heavy (non-hydrogen) atoms. The number of hydrogen-bond acceptors (Lipinski definition) is 1. The first-order valence-corrected chi connectivity index (χ1v) is 7.70. The molecule has 1 aromatic rings. The standard InChI is InChI=1S/C16H23BrO/c1-10-6-11(2)8-14(7-10)16(18)13-4-5-15(17)12(3)9-13/h4-5,9-11,14,16,18H,6-8H2,1-3H3. The molecule has 0 saturated heterocycles. The van der Waals surface area contributed by atoms with Crippen molar-refractivity contribution < 1.29 is 5.11 Å². The van der Waals surface area contributed by atoms with Gasteiger partial charge in [-0.05, 0) is 61.1 Å². The Morgan fingerprint density at radius 2 is 1.78 bits per heavy atom. The zero-order valence-corrected chi connectivity index (χ0v) is 13.1. The minimum Gasteiger partial charge on any atom is -0.388 e. The Balaban J connectivity index is 2.14. The summed E-state index contributed by atoms with van der Waals surface area (Å²) < 4.78 is 1.11. The molecule has 1 N–H and O–H groups in total. The summed E-state index contributed by atoms with van der Waals surface area (Å²) in [6, 6.07) is 6.20. The van der Waals surface area contributed by atoms with Crippen LogP contribution in [0.25, 0.3) is 0 Å². The Bertz CT molecular complexity index is 406. The highest BCUT2D eigenvalue weighted by molar-refractivity contribution is 9.10. The molecule has 2 heteroatoms. The summed E-state index contributed by atoms with van der Waals surface area (Å²) in [5, 5.41) is 10.6. The predicted molar refractivity (Wildman–Crippen MR) is 79.5 cm³/mol. The summed E-state index contributed by atoms with van der Waals surface area (Å²) in [6.45, 7) is 6.69. The Kier molecular flexibility index (Phi) is 4.50. The molecule has 3 unspecified atom stereocenters. The fourth-order valence-corrected chi connectivity index (χ4v) is 3.64. The van der Waals surface area contributed by atoms with Crippen molar-refractivity contribution in [1.29, 1.82) is 0 Å². The van der Waals surface area contributed by atoms with Crippen molar-refractivity contribution in [3.63, 3.8) is 0 Å². The highest BCUT2D eigenvalue weighted by Gasteiger charge is 2.29. The molecule has 1 fully saturated rings. The molecule has 0 bridgehead atoms. The molecule has 0 spiro atoms. The number of rotatable bonds is 2. The lowest BCUT2D eigenvalue weighted by molar-refractivity contribution is 0.0551. The molecule has 0 radical (unpaired) electrons. The molecule has 0 amide bonds. The van der Waals surface area contributed by atoms with Crippen LogP contribution in [0.2, 0.25) is 0 Å². The quantitative estimate of drug-likeness (QED) is 0.826. The van der Waals surface area contributed by atoms with Crippen LogP contribution < -0.4 is 0 Å². The number of hydrogen-bond donors (Lipinski definition) is 1. The van der Waals surface area contributed by atoms with Gasteiger partial charge in [0.05, 0.1) is 6.10 Å². The van der Waals surface area contributed by atoms with Gasteiger partial charge in [0.15, 0.2) is 0 Å². The van der Waals surface area contributed by atoms with Gasteiger partial charge in [0.25, 0.3) is 0 Å². The largest absolute Gasteiger partial charge is 0.388 e. The van der Waals surface area contributed by atoms with Gasteiger partial charge in [-0.1, -0.05) is 41.9 Å². The van der Waals surface area contributed by atoms with Crippen LogP contribution in [0.4, 0.5) is 0 Å². The second kappa shape index (κ2) is 5.75. The highest BCUT2D eigenvalue weighted by Crippen LogP contribution is 2.40. The first kappa shape index (κ1) is 14.1. The van der Waals surface area contributed by atoms with Gasteiger partial charge in [0.1, 0.15) is 0 Å². The van der Waals surface area contributed by atoms with Crippen LogP contribution >= 0.6 is 15.9 Å². The normalized spacial score (nSPS) is 30.2. The Hall–Kier alpha value is -0.340. The number of benzene rings is 1. The van der Waals surface area contributed by atoms with Crippen molar-refractivity contribution in [2.45, 2.75) is 46.1 Å². The van der Waals surface area contributed by atoms with E-state index in [1.165, 1.54) is 12.0 Å². The lowest BCUT2D eigenvalue weighted by Crippen LogP contribution is -2.24. The molecule has 0 heterocycles. The summed E-state index contributed by atoms with van der Waals surface area (Å²) in [7, 11) is 0. The molecule has 0 aromatic heterocycles. The lowest BCUT2D eigenvalue weighted by atomic mass is 9.73. The van der Waals surface area contributed by atoms with Gasteiger partial charge in [-0.25, -0.2) is 0 Å². The van der Waals surface area contributed by atoms with E-state index >= 15 is 0 Å². The van der Waals surface area contributed by atoms with Crippen molar-refractivity contribution in [1.82, 2.24) is 0 Å². The number of aliphatic hydroxyl groups excluding tert-OH is 1. The lowest BCUT2D eigenvalue weighted by Gasteiger charge is -2.34. The van der Waals surface area contributed by atoms with E-state index in [1.54, 1.807) is 0 Å². The Morgan fingerprint density at radius 1 is 1.17 bits per heavy atom. The maximum atomic E-state index is 10.6. The molecule has 0 aliphatic heterocycles. The van der Waals surface area contributed by atoms with Crippen molar-refractivity contribution in [2.75, 3.05) is 0 Å². The first-order valence-electron chi connectivity index (χ1n) is 6.91. The summed E-state index contributed by atoms with van der Waals surface area (Å²) in [5.41, 5.74) is 2.27. The topological polar surface area (TPSA) is 20.2 Å². The maximum absolute atomic E-state index is 10.6. The van der Waals surface area contributed by atoms with Gasteiger partial charge < -0.3 is 5.11 Å². The zero-order chi connectivity index (χ0) is 13.3. The zero-order valence-electron chi connectivity index (χ0n) is 11.5. The Morgan fingerprint density at radius 3 is 2.33 bits per heavy atom. The maximum Gasteiger partial charge on any atom is 0.0818 e. The third kappa shape index (κ3) is 3.16. The van der Waals surface area contributed by atoms with Gasteiger partial charge in [-0.3, -0.25) is 0 Å². The third-order valence-corrected chi connectivity index (χ3v) is 5.07. The minimum atomic E-state index is -0.304. The molecule has 1 aromatic carbocycles. The average molecular weight is 311 g/mol. The molecule has 3 atom stereocenters. The average Bonchev–Trinajstić information content (AvgIpc) is 2.30. The third-order valence-electron chi connectivity index (χ3n) is 4.19. The molecule has 1 saturated carbocycles. The van der Waals surface area contributed by atoms with Crippen LogP contribution in [0.1, 0.15) is 50.3 Å². The number of halogens is 1. The van der Waals surface area contributed by atoms with E-state index in [4.69, 9.17) is 0 Å². The monoisotopic (exact) mass is 310 g/mol. The van der Waals surface area contributed by atoms with Gasteiger partial charge in [0.2, 0.25) is 0 Å². The van der Waals surface area contributed by atoms with E-state index in [2.05, 4.69) is 42.8 Å². The van der Waals surface area contributed by atoms with Gasteiger partial charge >= 0.3 is 0 Å². The second-order valence-corrected chi connectivity index (χ2v) is 6.99. The van der Waals surface area contributed by atoms with E-state index < -0.39 is 0 Å². The Labute approximate surface area is 119 Å².